The van der Waals surface area contributed by atoms with Crippen molar-refractivity contribution in [2.24, 2.45) is 0 Å². The molecule has 0 fully saturated rings. The first-order valence-electron chi connectivity index (χ1n) is 8.47. The van der Waals surface area contributed by atoms with Crippen molar-refractivity contribution in [1.82, 2.24) is 4.98 Å². The summed E-state index contributed by atoms with van der Waals surface area (Å²) in [5, 5.41) is 0.468. The Labute approximate surface area is 167 Å². The Morgan fingerprint density at radius 2 is 1.96 bits per heavy atom. The topological polar surface area (TPSA) is 89.7 Å². The van der Waals surface area contributed by atoms with Crippen LogP contribution in [-0.4, -0.2) is 33.0 Å². The number of ether oxygens (including phenoxy) is 1. The molecule has 1 heterocycles. The molecular weight excluding hydrogens is 404 g/mol. The number of esters is 1. The summed E-state index contributed by atoms with van der Waals surface area (Å²) in [6.45, 7) is 5.23. The highest BCUT2D eigenvalue weighted by molar-refractivity contribution is 7.92. The Morgan fingerprint density at radius 1 is 1.25 bits per heavy atom. The van der Waals surface area contributed by atoms with Gasteiger partial charge in [-0.25, -0.2) is 17.5 Å². The molecule has 0 radical (unpaired) electrons. The van der Waals surface area contributed by atoms with E-state index in [1.54, 1.807) is 39.0 Å². The van der Waals surface area contributed by atoms with E-state index in [0.717, 1.165) is 4.31 Å². The number of halogens is 1. The van der Waals surface area contributed by atoms with E-state index in [0.29, 0.717) is 27.2 Å². The van der Waals surface area contributed by atoms with Crippen LogP contribution in [0.4, 0.5) is 6.01 Å². The van der Waals surface area contributed by atoms with E-state index in [9.17, 15) is 13.2 Å². The van der Waals surface area contributed by atoms with E-state index in [4.69, 9.17) is 20.8 Å². The first kappa shape index (κ1) is 20.2. The van der Waals surface area contributed by atoms with Gasteiger partial charge in [0.05, 0.1) is 17.6 Å². The smallest absolute Gasteiger partial charge is 0.338 e. The molecule has 0 aliphatic heterocycles. The molecule has 1 aromatic heterocycles. The summed E-state index contributed by atoms with van der Waals surface area (Å²) in [6, 6.07) is 7.61. The summed E-state index contributed by atoms with van der Waals surface area (Å²) in [5.41, 5.74) is 2.38. The van der Waals surface area contributed by atoms with Crippen LogP contribution in [0.2, 0.25) is 5.02 Å². The number of hydrogen-bond acceptors (Lipinski definition) is 6. The Hall–Kier alpha value is -2.58. The monoisotopic (exact) mass is 422 g/mol. The molecule has 0 saturated heterocycles. The number of oxazole rings is 1. The molecule has 148 valence electrons. The summed E-state index contributed by atoms with van der Waals surface area (Å²) in [4.78, 5) is 16.3. The van der Waals surface area contributed by atoms with Crippen molar-refractivity contribution < 1.29 is 22.4 Å². The molecule has 7 nitrogen and oxygen atoms in total. The molecule has 0 bridgehead atoms. The predicted octanol–water partition coefficient (Wildman–Crippen LogP) is 4.10. The minimum atomic E-state index is -4.03. The van der Waals surface area contributed by atoms with Crippen molar-refractivity contribution in [1.29, 1.82) is 0 Å². The minimum Gasteiger partial charge on any atom is -0.465 e. The van der Waals surface area contributed by atoms with Crippen molar-refractivity contribution >= 4 is 44.7 Å². The standard InChI is InChI=1S/C19H19ClN2O5S/c1-5-22(19-21-16-9-13(20)6-7-17(16)27-19)28(24,25)14-8-11(2)12(3)15(10-14)18(23)26-4/h6-10H,5H2,1-4H3. The number of sulfonamides is 1. The van der Waals surface area contributed by atoms with Gasteiger partial charge in [-0.2, -0.15) is 4.98 Å². The first-order chi connectivity index (χ1) is 13.2. The van der Waals surface area contributed by atoms with E-state index in [1.165, 1.54) is 19.2 Å². The first-order valence-corrected chi connectivity index (χ1v) is 10.3. The lowest BCUT2D eigenvalue weighted by Gasteiger charge is -2.20. The lowest BCUT2D eigenvalue weighted by atomic mass is 10.0. The summed E-state index contributed by atoms with van der Waals surface area (Å²) >= 11 is 5.96. The zero-order valence-electron chi connectivity index (χ0n) is 15.8. The number of aryl methyl sites for hydroxylation is 1. The number of carbonyl (C=O) groups is 1. The maximum Gasteiger partial charge on any atom is 0.338 e. The van der Waals surface area contributed by atoms with Crippen molar-refractivity contribution in [3.8, 4) is 0 Å². The van der Waals surface area contributed by atoms with Gasteiger partial charge in [0, 0.05) is 11.6 Å². The summed E-state index contributed by atoms with van der Waals surface area (Å²) in [5.74, 6) is -0.600. The molecule has 0 spiro atoms. The van der Waals surface area contributed by atoms with Crippen LogP contribution >= 0.6 is 11.6 Å². The number of fused-ring (bicyclic) bond motifs is 1. The van der Waals surface area contributed by atoms with Gasteiger partial charge in [-0.15, -0.1) is 0 Å². The number of aromatic nitrogens is 1. The van der Waals surface area contributed by atoms with Gasteiger partial charge in [0.25, 0.3) is 10.0 Å². The van der Waals surface area contributed by atoms with Crippen molar-refractivity contribution in [2.45, 2.75) is 25.7 Å². The molecular formula is C19H19ClN2O5S. The van der Waals surface area contributed by atoms with E-state index < -0.39 is 16.0 Å². The van der Waals surface area contributed by atoms with E-state index in [-0.39, 0.29) is 23.0 Å². The molecule has 9 heteroatoms. The fraction of sp³-hybridized carbons (Fsp3) is 0.263. The number of hydrogen-bond donors (Lipinski definition) is 0. The molecule has 0 unspecified atom stereocenters. The number of anilines is 1. The van der Waals surface area contributed by atoms with Crippen LogP contribution in [0.15, 0.2) is 39.6 Å². The Kier molecular flexibility index (Phi) is 5.36. The number of rotatable bonds is 5. The van der Waals surface area contributed by atoms with Crippen LogP contribution < -0.4 is 4.31 Å². The SMILES string of the molecule is CCN(c1nc2cc(Cl)ccc2o1)S(=O)(=O)c1cc(C)c(C)c(C(=O)OC)c1. The second kappa shape index (κ2) is 7.44. The molecule has 0 amide bonds. The van der Waals surface area contributed by atoms with E-state index in [1.807, 2.05) is 0 Å². The van der Waals surface area contributed by atoms with Crippen molar-refractivity contribution in [2.75, 3.05) is 18.0 Å². The molecule has 0 saturated carbocycles. The summed E-state index contributed by atoms with van der Waals surface area (Å²) in [6.07, 6.45) is 0. The number of nitrogens with zero attached hydrogens (tertiary/aromatic N) is 2. The highest BCUT2D eigenvalue weighted by Crippen LogP contribution is 2.30. The van der Waals surface area contributed by atoms with Crippen LogP contribution in [-0.2, 0) is 14.8 Å². The largest absolute Gasteiger partial charge is 0.465 e. The van der Waals surface area contributed by atoms with E-state index >= 15 is 0 Å². The molecule has 28 heavy (non-hydrogen) atoms. The van der Waals surface area contributed by atoms with Crippen molar-refractivity contribution in [3.05, 3.63) is 52.0 Å². The van der Waals surface area contributed by atoms with Gasteiger partial charge in [-0.05, 0) is 62.2 Å². The molecule has 3 aromatic rings. The number of benzene rings is 2. The summed E-state index contributed by atoms with van der Waals surface area (Å²) < 4.78 is 38.0. The fourth-order valence-corrected chi connectivity index (χ4v) is 4.46. The molecule has 0 aliphatic rings. The Bertz CT molecular complexity index is 1170. The van der Waals surface area contributed by atoms with Gasteiger partial charge in [-0.1, -0.05) is 11.6 Å². The highest BCUT2D eigenvalue weighted by atomic mass is 35.5. The maximum atomic E-state index is 13.3. The Balaban J connectivity index is 2.13. The second-order valence-corrected chi connectivity index (χ2v) is 8.48. The zero-order valence-corrected chi connectivity index (χ0v) is 17.4. The van der Waals surface area contributed by atoms with Crippen LogP contribution in [0.5, 0.6) is 0 Å². The molecule has 0 aliphatic carbocycles. The molecule has 2 aromatic carbocycles. The van der Waals surface area contributed by atoms with Gasteiger partial charge in [0.1, 0.15) is 5.52 Å². The lowest BCUT2D eigenvalue weighted by Crippen LogP contribution is -2.31. The normalized spacial score (nSPS) is 11.6. The van der Waals surface area contributed by atoms with Crippen LogP contribution in [0.25, 0.3) is 11.1 Å². The maximum absolute atomic E-state index is 13.3. The van der Waals surface area contributed by atoms with Gasteiger partial charge < -0.3 is 9.15 Å². The molecule has 0 N–H and O–H groups in total. The highest BCUT2D eigenvalue weighted by Gasteiger charge is 2.29. The predicted molar refractivity (Wildman–Crippen MR) is 106 cm³/mol. The van der Waals surface area contributed by atoms with Gasteiger partial charge in [-0.3, -0.25) is 0 Å². The Morgan fingerprint density at radius 3 is 2.61 bits per heavy atom. The van der Waals surface area contributed by atoms with Gasteiger partial charge >= 0.3 is 12.0 Å². The third-order valence-corrected chi connectivity index (χ3v) is 6.53. The fourth-order valence-electron chi connectivity index (χ4n) is 2.83. The number of carbonyl (C=O) groups excluding carboxylic acids is 1. The zero-order chi connectivity index (χ0) is 20.6. The van der Waals surface area contributed by atoms with Gasteiger partial charge in [0.15, 0.2) is 5.58 Å². The molecule has 3 rings (SSSR count). The van der Waals surface area contributed by atoms with E-state index in [2.05, 4.69) is 4.98 Å². The average Bonchev–Trinajstić information content (AvgIpc) is 3.05. The second-order valence-electron chi connectivity index (χ2n) is 6.18. The van der Waals surface area contributed by atoms with Crippen LogP contribution in [0, 0.1) is 13.8 Å². The van der Waals surface area contributed by atoms with Crippen molar-refractivity contribution in [3.63, 3.8) is 0 Å². The number of methoxy groups -OCH3 is 1. The third kappa shape index (κ3) is 3.45. The van der Waals surface area contributed by atoms with Crippen LogP contribution in [0.1, 0.15) is 28.4 Å². The minimum absolute atomic E-state index is 0.0434. The summed E-state index contributed by atoms with van der Waals surface area (Å²) in [7, 11) is -2.78. The quantitative estimate of drug-likeness (QED) is 0.575. The lowest BCUT2D eigenvalue weighted by molar-refractivity contribution is 0.0599. The molecule has 0 atom stereocenters. The average molecular weight is 423 g/mol. The van der Waals surface area contributed by atoms with Crippen LogP contribution in [0.3, 0.4) is 0 Å². The third-order valence-electron chi connectivity index (χ3n) is 4.47. The van der Waals surface area contributed by atoms with Gasteiger partial charge in [0.2, 0.25) is 0 Å².